The second-order valence-corrected chi connectivity index (χ2v) is 6.53. The van der Waals surface area contributed by atoms with E-state index in [2.05, 4.69) is 41.8 Å². The number of benzene rings is 2. The topological polar surface area (TPSA) is 20.3 Å². The number of fused-ring (bicyclic) bond motifs is 1. The smallest absolute Gasteiger partial charge is 0.226 e. The van der Waals surface area contributed by atoms with Crippen LogP contribution < -0.4 is 0 Å². The zero-order valence-corrected chi connectivity index (χ0v) is 14.4. The first-order valence-corrected chi connectivity index (χ1v) is 8.94. The highest BCUT2D eigenvalue weighted by Crippen LogP contribution is 2.32. The van der Waals surface area contributed by atoms with Crippen molar-refractivity contribution in [2.45, 2.75) is 20.3 Å². The number of hydrogen-bond acceptors (Lipinski definition) is 2. The average Bonchev–Trinajstić information content (AvgIpc) is 3.04. The van der Waals surface area contributed by atoms with Crippen molar-refractivity contribution in [2.75, 3.05) is 13.1 Å². The van der Waals surface area contributed by atoms with E-state index in [0.29, 0.717) is 6.42 Å². The number of amides is 1. The molecule has 118 valence electrons. The van der Waals surface area contributed by atoms with E-state index in [1.54, 1.807) is 11.3 Å². The molecular formula is C20H21NOS. The van der Waals surface area contributed by atoms with Gasteiger partial charge in [-0.1, -0.05) is 36.4 Å². The van der Waals surface area contributed by atoms with Gasteiger partial charge in [0.25, 0.3) is 0 Å². The van der Waals surface area contributed by atoms with Crippen molar-refractivity contribution in [3.05, 3.63) is 59.5 Å². The lowest BCUT2D eigenvalue weighted by Gasteiger charge is -2.18. The van der Waals surface area contributed by atoms with E-state index in [0.717, 1.165) is 18.7 Å². The molecule has 0 fully saturated rings. The predicted octanol–water partition coefficient (Wildman–Crippen LogP) is 4.98. The molecule has 23 heavy (non-hydrogen) atoms. The Labute approximate surface area is 141 Å². The highest BCUT2D eigenvalue weighted by atomic mass is 32.1. The molecule has 0 spiro atoms. The molecule has 0 aliphatic rings. The monoisotopic (exact) mass is 323 g/mol. The summed E-state index contributed by atoms with van der Waals surface area (Å²) < 4.78 is 1.30. The van der Waals surface area contributed by atoms with Crippen LogP contribution in [0.5, 0.6) is 0 Å². The molecule has 1 aromatic heterocycles. The van der Waals surface area contributed by atoms with E-state index in [1.165, 1.54) is 21.2 Å². The maximum Gasteiger partial charge on any atom is 0.226 e. The lowest BCUT2D eigenvalue weighted by atomic mass is 9.99. The second kappa shape index (κ2) is 6.97. The number of thiophene rings is 1. The van der Waals surface area contributed by atoms with Crippen LogP contribution in [0.4, 0.5) is 0 Å². The Morgan fingerprint density at radius 2 is 1.83 bits per heavy atom. The molecule has 2 nitrogen and oxygen atoms in total. The third-order valence-electron chi connectivity index (χ3n) is 4.21. The van der Waals surface area contributed by atoms with Gasteiger partial charge in [0, 0.05) is 23.2 Å². The minimum Gasteiger partial charge on any atom is -0.343 e. The molecule has 0 bridgehead atoms. The molecule has 1 heterocycles. The van der Waals surface area contributed by atoms with Crippen molar-refractivity contribution >= 4 is 27.3 Å². The van der Waals surface area contributed by atoms with Crippen LogP contribution in [0.25, 0.3) is 21.2 Å². The molecule has 2 aromatic carbocycles. The fraction of sp³-hybridized carbons (Fsp3) is 0.250. The molecule has 0 saturated heterocycles. The summed E-state index contributed by atoms with van der Waals surface area (Å²) in [4.78, 5) is 14.2. The fourth-order valence-corrected chi connectivity index (χ4v) is 3.77. The maximum atomic E-state index is 12.3. The highest BCUT2D eigenvalue weighted by Gasteiger charge is 2.11. The largest absolute Gasteiger partial charge is 0.343 e. The Kier molecular flexibility index (Phi) is 4.77. The van der Waals surface area contributed by atoms with Gasteiger partial charge in [-0.15, -0.1) is 11.3 Å². The zero-order valence-electron chi connectivity index (χ0n) is 13.6. The van der Waals surface area contributed by atoms with E-state index >= 15 is 0 Å². The molecule has 3 heteroatoms. The average molecular weight is 323 g/mol. The van der Waals surface area contributed by atoms with Crippen LogP contribution in [0, 0.1) is 0 Å². The molecule has 3 rings (SSSR count). The molecule has 0 aliphatic heterocycles. The zero-order chi connectivity index (χ0) is 16.2. The number of likely N-dealkylation sites (N-methyl/N-ethyl adjacent to an activating group) is 1. The second-order valence-electron chi connectivity index (χ2n) is 5.58. The molecule has 0 aliphatic carbocycles. The van der Waals surface area contributed by atoms with Gasteiger partial charge in [-0.2, -0.15) is 0 Å². The third-order valence-corrected chi connectivity index (χ3v) is 5.09. The summed E-state index contributed by atoms with van der Waals surface area (Å²) in [5, 5.41) is 3.41. The first-order valence-electron chi connectivity index (χ1n) is 8.06. The minimum absolute atomic E-state index is 0.195. The van der Waals surface area contributed by atoms with E-state index in [9.17, 15) is 4.79 Å². The summed E-state index contributed by atoms with van der Waals surface area (Å²) in [5.74, 6) is 0.195. The number of rotatable bonds is 5. The molecule has 1 amide bonds. The van der Waals surface area contributed by atoms with Crippen molar-refractivity contribution in [3.63, 3.8) is 0 Å². The summed E-state index contributed by atoms with van der Waals surface area (Å²) in [7, 11) is 0. The van der Waals surface area contributed by atoms with Gasteiger partial charge < -0.3 is 4.90 Å². The van der Waals surface area contributed by atoms with Crippen molar-refractivity contribution in [3.8, 4) is 11.1 Å². The van der Waals surface area contributed by atoms with Gasteiger partial charge in [-0.25, -0.2) is 0 Å². The Balaban J connectivity index is 1.91. The fourth-order valence-electron chi connectivity index (χ4n) is 2.96. The first-order chi connectivity index (χ1) is 11.2. The van der Waals surface area contributed by atoms with Crippen LogP contribution in [0.1, 0.15) is 19.4 Å². The van der Waals surface area contributed by atoms with Crippen LogP contribution in [0.2, 0.25) is 0 Å². The van der Waals surface area contributed by atoms with Gasteiger partial charge in [-0.3, -0.25) is 4.79 Å². The van der Waals surface area contributed by atoms with Gasteiger partial charge >= 0.3 is 0 Å². The quantitative estimate of drug-likeness (QED) is 0.648. The normalized spacial score (nSPS) is 10.9. The minimum atomic E-state index is 0.195. The van der Waals surface area contributed by atoms with Crippen LogP contribution in [-0.2, 0) is 11.2 Å². The summed E-state index contributed by atoms with van der Waals surface area (Å²) >= 11 is 1.76. The van der Waals surface area contributed by atoms with Crippen LogP contribution in [0.15, 0.2) is 53.9 Å². The Hall–Kier alpha value is -2.13. The van der Waals surface area contributed by atoms with Gasteiger partial charge in [0.15, 0.2) is 0 Å². The Morgan fingerprint density at radius 3 is 2.61 bits per heavy atom. The summed E-state index contributed by atoms with van der Waals surface area (Å²) in [6.45, 7) is 5.58. The van der Waals surface area contributed by atoms with Crippen molar-refractivity contribution in [1.29, 1.82) is 0 Å². The van der Waals surface area contributed by atoms with E-state index in [1.807, 2.05) is 30.9 Å². The molecule has 0 atom stereocenters. The number of carbonyl (C=O) groups is 1. The highest BCUT2D eigenvalue weighted by molar-refractivity contribution is 7.17. The van der Waals surface area contributed by atoms with Crippen molar-refractivity contribution in [1.82, 2.24) is 4.90 Å². The van der Waals surface area contributed by atoms with Gasteiger partial charge in [0.1, 0.15) is 0 Å². The SMILES string of the molecule is CCN(CC)C(=O)Cc1cccc(-c2cccc3sccc23)c1. The van der Waals surface area contributed by atoms with Crippen molar-refractivity contribution in [2.24, 2.45) is 0 Å². The molecule has 0 unspecified atom stereocenters. The summed E-state index contributed by atoms with van der Waals surface area (Å²) in [6, 6.07) is 16.9. The Morgan fingerprint density at radius 1 is 1.04 bits per heavy atom. The first kappa shape index (κ1) is 15.8. The van der Waals surface area contributed by atoms with Gasteiger partial charge in [0.05, 0.1) is 6.42 Å². The van der Waals surface area contributed by atoms with E-state index < -0.39 is 0 Å². The summed E-state index contributed by atoms with van der Waals surface area (Å²) in [5.41, 5.74) is 3.49. The molecular weight excluding hydrogens is 302 g/mol. The lowest BCUT2D eigenvalue weighted by molar-refractivity contribution is -0.130. The molecule has 0 saturated carbocycles. The number of hydrogen-bond donors (Lipinski definition) is 0. The Bertz CT molecular complexity index is 817. The lowest BCUT2D eigenvalue weighted by Crippen LogP contribution is -2.31. The number of nitrogens with zero attached hydrogens (tertiary/aromatic N) is 1. The number of carbonyl (C=O) groups excluding carboxylic acids is 1. The molecule has 0 radical (unpaired) electrons. The summed E-state index contributed by atoms with van der Waals surface area (Å²) in [6.07, 6.45) is 0.467. The molecule has 0 N–H and O–H groups in total. The van der Waals surface area contributed by atoms with E-state index in [-0.39, 0.29) is 5.91 Å². The van der Waals surface area contributed by atoms with Crippen LogP contribution in [0.3, 0.4) is 0 Å². The van der Waals surface area contributed by atoms with E-state index in [4.69, 9.17) is 0 Å². The van der Waals surface area contributed by atoms with Crippen LogP contribution in [-0.4, -0.2) is 23.9 Å². The third kappa shape index (κ3) is 3.30. The van der Waals surface area contributed by atoms with Crippen LogP contribution >= 0.6 is 11.3 Å². The molecule has 3 aromatic rings. The standard InChI is InChI=1S/C20H21NOS/c1-3-21(4-2)20(22)14-15-7-5-8-16(13-15)17-9-6-10-19-18(17)11-12-23-19/h5-13H,3-4,14H2,1-2H3. The van der Waals surface area contributed by atoms with Gasteiger partial charge in [-0.05, 0) is 48.1 Å². The van der Waals surface area contributed by atoms with Crippen molar-refractivity contribution < 1.29 is 4.79 Å². The maximum absolute atomic E-state index is 12.3. The van der Waals surface area contributed by atoms with Gasteiger partial charge in [0.2, 0.25) is 5.91 Å². The predicted molar refractivity (Wildman–Crippen MR) is 98.9 cm³/mol.